The van der Waals surface area contributed by atoms with Crippen molar-refractivity contribution in [2.24, 2.45) is 0 Å². The van der Waals surface area contributed by atoms with E-state index in [9.17, 15) is 0 Å². The topological polar surface area (TPSA) is 12.5 Å². The zero-order valence-electron chi connectivity index (χ0n) is 8.87. The van der Waals surface area contributed by atoms with E-state index in [4.69, 9.17) is 4.74 Å². The van der Waals surface area contributed by atoms with E-state index in [1.165, 1.54) is 9.35 Å². The molecule has 0 aromatic carbocycles. The lowest BCUT2D eigenvalue weighted by Gasteiger charge is -2.19. The van der Waals surface area contributed by atoms with E-state index in [1.54, 1.807) is 18.4 Å². The quantitative estimate of drug-likeness (QED) is 0.724. The summed E-state index contributed by atoms with van der Waals surface area (Å²) < 4.78 is 6.29. The van der Waals surface area contributed by atoms with Crippen LogP contribution in [0.25, 0.3) is 0 Å². The second kappa shape index (κ2) is 7.01. The highest BCUT2D eigenvalue weighted by Gasteiger charge is 2.10. The van der Waals surface area contributed by atoms with Crippen molar-refractivity contribution < 1.29 is 4.74 Å². The molecular formula is C10H15Br2NOS. The summed E-state index contributed by atoms with van der Waals surface area (Å²) >= 11 is 8.91. The third-order valence-corrected chi connectivity index (χ3v) is 4.43. The van der Waals surface area contributed by atoms with Crippen molar-refractivity contribution in [3.63, 3.8) is 0 Å². The normalized spacial score (nSPS) is 13.4. The van der Waals surface area contributed by atoms with Gasteiger partial charge in [-0.05, 0) is 34.4 Å². The van der Waals surface area contributed by atoms with Crippen LogP contribution < -0.4 is 0 Å². The molecule has 1 unspecified atom stereocenters. The Bertz CT molecular complexity index is 293. The SMILES string of the molecule is COCC(Br)CN(C)Cc1sccc1Br. The molecule has 0 radical (unpaired) electrons. The maximum absolute atomic E-state index is 5.08. The minimum absolute atomic E-state index is 0.395. The van der Waals surface area contributed by atoms with E-state index in [1.807, 2.05) is 0 Å². The van der Waals surface area contributed by atoms with E-state index in [0.29, 0.717) is 4.83 Å². The van der Waals surface area contributed by atoms with Crippen molar-refractivity contribution in [2.75, 3.05) is 27.3 Å². The van der Waals surface area contributed by atoms with E-state index >= 15 is 0 Å². The fraction of sp³-hybridized carbons (Fsp3) is 0.600. The number of alkyl halides is 1. The van der Waals surface area contributed by atoms with E-state index in [0.717, 1.165) is 19.7 Å². The van der Waals surface area contributed by atoms with Crippen molar-refractivity contribution in [1.29, 1.82) is 0 Å². The third kappa shape index (κ3) is 4.95. The van der Waals surface area contributed by atoms with Crippen LogP contribution in [0.2, 0.25) is 0 Å². The van der Waals surface area contributed by atoms with Crippen LogP contribution in [0.4, 0.5) is 0 Å². The van der Waals surface area contributed by atoms with Crippen molar-refractivity contribution in [1.82, 2.24) is 4.90 Å². The predicted molar refractivity (Wildman–Crippen MR) is 72.9 cm³/mol. The Labute approximate surface area is 112 Å². The lowest BCUT2D eigenvalue weighted by atomic mass is 10.4. The van der Waals surface area contributed by atoms with Crippen LogP contribution in [0, 0.1) is 0 Å². The molecule has 0 N–H and O–H groups in total. The van der Waals surface area contributed by atoms with Crippen LogP contribution in [0.1, 0.15) is 4.88 Å². The van der Waals surface area contributed by atoms with Crippen molar-refractivity contribution in [2.45, 2.75) is 11.4 Å². The molecule has 0 aliphatic rings. The van der Waals surface area contributed by atoms with Gasteiger partial charge in [0, 0.05) is 29.5 Å². The van der Waals surface area contributed by atoms with E-state index in [-0.39, 0.29) is 0 Å². The molecule has 15 heavy (non-hydrogen) atoms. The highest BCUT2D eigenvalue weighted by molar-refractivity contribution is 9.10. The molecule has 2 nitrogen and oxygen atoms in total. The molecule has 0 spiro atoms. The number of methoxy groups -OCH3 is 1. The van der Waals surface area contributed by atoms with Crippen LogP contribution >= 0.6 is 43.2 Å². The molecule has 0 aliphatic heterocycles. The second-order valence-corrected chi connectivity index (χ2v) is 6.59. The predicted octanol–water partition coefficient (Wildman–Crippen LogP) is 3.35. The second-order valence-electron chi connectivity index (χ2n) is 3.44. The molecular weight excluding hydrogens is 342 g/mol. The first kappa shape index (κ1) is 13.6. The molecule has 0 amide bonds. The molecule has 1 aromatic rings. The summed E-state index contributed by atoms with van der Waals surface area (Å²) in [6, 6.07) is 2.09. The highest BCUT2D eigenvalue weighted by Crippen LogP contribution is 2.23. The molecule has 0 fully saturated rings. The molecule has 0 saturated carbocycles. The van der Waals surface area contributed by atoms with Crippen LogP contribution in [0.15, 0.2) is 15.9 Å². The van der Waals surface area contributed by atoms with Gasteiger partial charge in [0.05, 0.1) is 11.4 Å². The Morgan fingerprint density at radius 2 is 2.33 bits per heavy atom. The maximum Gasteiger partial charge on any atom is 0.0600 e. The number of rotatable bonds is 6. The summed E-state index contributed by atoms with van der Waals surface area (Å²) in [5.41, 5.74) is 0. The van der Waals surface area contributed by atoms with Crippen LogP contribution in [0.3, 0.4) is 0 Å². The number of ether oxygens (including phenoxy) is 1. The summed E-state index contributed by atoms with van der Waals surface area (Å²) in [7, 11) is 3.85. The first-order chi connectivity index (χ1) is 7.13. The molecule has 1 aromatic heterocycles. The van der Waals surface area contributed by atoms with Gasteiger partial charge in [-0.1, -0.05) is 15.9 Å². The number of halogens is 2. The van der Waals surface area contributed by atoms with Crippen LogP contribution in [0.5, 0.6) is 0 Å². The largest absolute Gasteiger partial charge is 0.383 e. The van der Waals surface area contributed by atoms with E-state index < -0.39 is 0 Å². The van der Waals surface area contributed by atoms with Gasteiger partial charge in [-0.2, -0.15) is 0 Å². The Kier molecular flexibility index (Phi) is 6.38. The monoisotopic (exact) mass is 355 g/mol. The minimum Gasteiger partial charge on any atom is -0.383 e. The lowest BCUT2D eigenvalue weighted by Crippen LogP contribution is -2.27. The first-order valence-electron chi connectivity index (χ1n) is 4.67. The molecule has 1 heterocycles. The smallest absolute Gasteiger partial charge is 0.0600 e. The Morgan fingerprint density at radius 1 is 1.60 bits per heavy atom. The van der Waals surface area contributed by atoms with Crippen LogP contribution in [-0.4, -0.2) is 37.0 Å². The average Bonchev–Trinajstić information content (AvgIpc) is 2.52. The average molecular weight is 357 g/mol. The maximum atomic E-state index is 5.08. The summed E-state index contributed by atoms with van der Waals surface area (Å²) in [5, 5.41) is 2.11. The zero-order valence-corrected chi connectivity index (χ0v) is 12.9. The van der Waals surface area contributed by atoms with Gasteiger partial charge in [0.2, 0.25) is 0 Å². The van der Waals surface area contributed by atoms with Gasteiger partial charge < -0.3 is 9.64 Å². The summed E-state index contributed by atoms with van der Waals surface area (Å²) in [6.07, 6.45) is 0. The van der Waals surface area contributed by atoms with Gasteiger partial charge in [0.25, 0.3) is 0 Å². The number of hydrogen-bond donors (Lipinski definition) is 0. The number of thiophene rings is 1. The van der Waals surface area contributed by atoms with Gasteiger partial charge >= 0.3 is 0 Å². The van der Waals surface area contributed by atoms with Gasteiger partial charge in [0.1, 0.15) is 0 Å². The molecule has 0 saturated heterocycles. The van der Waals surface area contributed by atoms with Crippen LogP contribution in [-0.2, 0) is 11.3 Å². The van der Waals surface area contributed by atoms with E-state index in [2.05, 4.69) is 55.3 Å². The molecule has 5 heteroatoms. The summed E-state index contributed by atoms with van der Waals surface area (Å²) in [6.45, 7) is 2.71. The molecule has 0 bridgehead atoms. The van der Waals surface area contributed by atoms with Gasteiger partial charge in [-0.3, -0.25) is 0 Å². The van der Waals surface area contributed by atoms with Crippen molar-refractivity contribution >= 4 is 43.2 Å². The minimum atomic E-state index is 0.395. The van der Waals surface area contributed by atoms with Gasteiger partial charge in [0.15, 0.2) is 0 Å². The zero-order chi connectivity index (χ0) is 11.3. The molecule has 0 aliphatic carbocycles. The van der Waals surface area contributed by atoms with Gasteiger partial charge in [-0.15, -0.1) is 11.3 Å². The highest BCUT2D eigenvalue weighted by atomic mass is 79.9. The van der Waals surface area contributed by atoms with Gasteiger partial charge in [-0.25, -0.2) is 0 Å². The Morgan fingerprint density at radius 3 is 2.87 bits per heavy atom. The fourth-order valence-electron chi connectivity index (χ4n) is 1.32. The summed E-state index contributed by atoms with van der Waals surface area (Å²) in [4.78, 5) is 4.05. The molecule has 1 rings (SSSR count). The number of hydrogen-bond acceptors (Lipinski definition) is 3. The molecule has 86 valence electrons. The standard InChI is InChI=1S/C10H15Br2NOS/c1-13(5-8(11)7-14-2)6-10-9(12)3-4-15-10/h3-4,8H,5-7H2,1-2H3. The Hall–Kier alpha value is 0.580. The first-order valence-corrected chi connectivity index (χ1v) is 7.25. The third-order valence-electron chi connectivity index (χ3n) is 1.96. The van der Waals surface area contributed by atoms with Crippen molar-refractivity contribution in [3.8, 4) is 0 Å². The lowest BCUT2D eigenvalue weighted by molar-refractivity contribution is 0.185. The van der Waals surface area contributed by atoms with Crippen molar-refractivity contribution in [3.05, 3.63) is 20.8 Å². The molecule has 1 atom stereocenters. The summed E-state index contributed by atoms with van der Waals surface area (Å²) in [5.74, 6) is 0. The fourth-order valence-corrected chi connectivity index (χ4v) is 3.63. The Balaban J connectivity index is 2.36. The number of nitrogens with zero attached hydrogens (tertiary/aromatic N) is 1.